The van der Waals surface area contributed by atoms with Gasteiger partial charge in [0.15, 0.2) is 0 Å². The maximum absolute atomic E-state index is 9.55. The van der Waals surface area contributed by atoms with E-state index in [2.05, 4.69) is 35.0 Å². The van der Waals surface area contributed by atoms with Gasteiger partial charge in [0.2, 0.25) is 0 Å². The van der Waals surface area contributed by atoms with Gasteiger partial charge in [-0.3, -0.25) is 0 Å². The second-order valence-corrected chi connectivity index (χ2v) is 4.16. The molecule has 0 saturated carbocycles. The summed E-state index contributed by atoms with van der Waals surface area (Å²) in [7, 11) is 0. The van der Waals surface area contributed by atoms with Gasteiger partial charge < -0.3 is 5.11 Å². The number of hydrogen-bond donors (Lipinski definition) is 1. The van der Waals surface area contributed by atoms with Gasteiger partial charge in [-0.2, -0.15) is 0 Å². The van der Waals surface area contributed by atoms with Crippen molar-refractivity contribution < 1.29 is 5.11 Å². The number of alkyl halides is 1. The largest absolute Gasteiger partial charge is 0.388 e. The molecule has 2 heteroatoms. The number of aliphatic hydroxyl groups excluding tert-OH is 1. The Morgan fingerprint density at radius 1 is 1.29 bits per heavy atom. The van der Waals surface area contributed by atoms with Crippen LogP contribution in [0.15, 0.2) is 24.3 Å². The zero-order chi connectivity index (χ0) is 10.4. The molecule has 0 saturated heterocycles. The van der Waals surface area contributed by atoms with Crippen LogP contribution >= 0.6 is 15.9 Å². The van der Waals surface area contributed by atoms with Crippen LogP contribution in [0.1, 0.15) is 37.0 Å². The molecule has 0 aliphatic carbocycles. The van der Waals surface area contributed by atoms with E-state index in [4.69, 9.17) is 0 Å². The number of halogens is 1. The molecule has 1 unspecified atom stereocenters. The van der Waals surface area contributed by atoms with Crippen molar-refractivity contribution in [2.45, 2.75) is 32.3 Å². The molecule has 14 heavy (non-hydrogen) atoms. The maximum atomic E-state index is 9.55. The predicted molar refractivity (Wildman–Crippen MR) is 63.8 cm³/mol. The lowest BCUT2D eigenvalue weighted by Gasteiger charge is -2.07. The smallest absolute Gasteiger partial charge is 0.0886 e. The molecule has 1 rings (SSSR count). The lowest BCUT2D eigenvalue weighted by Crippen LogP contribution is -1.98. The first-order valence-electron chi connectivity index (χ1n) is 5.10. The number of aryl methyl sites for hydroxylation is 1. The molecule has 0 spiro atoms. The molecule has 1 nitrogen and oxygen atoms in total. The van der Waals surface area contributed by atoms with E-state index in [0.29, 0.717) is 5.33 Å². The molecule has 0 aromatic heterocycles. The van der Waals surface area contributed by atoms with Crippen molar-refractivity contribution >= 4 is 15.9 Å². The van der Waals surface area contributed by atoms with Crippen LogP contribution in [0.4, 0.5) is 0 Å². The molecule has 0 bridgehead atoms. The molecule has 78 valence electrons. The molecule has 1 atom stereocenters. The molecule has 0 radical (unpaired) electrons. The van der Waals surface area contributed by atoms with E-state index in [1.54, 1.807) is 0 Å². The van der Waals surface area contributed by atoms with Crippen molar-refractivity contribution in [3.63, 3.8) is 0 Å². The average Bonchev–Trinajstić information content (AvgIpc) is 2.26. The van der Waals surface area contributed by atoms with Crippen LogP contribution < -0.4 is 0 Å². The minimum Gasteiger partial charge on any atom is -0.388 e. The SMILES string of the molecule is CCCCc1ccc(C(O)CBr)cc1. The van der Waals surface area contributed by atoms with Crippen LogP contribution in [0.25, 0.3) is 0 Å². The quantitative estimate of drug-likeness (QED) is 0.801. The number of benzene rings is 1. The van der Waals surface area contributed by atoms with Gasteiger partial charge in [0, 0.05) is 5.33 Å². The van der Waals surface area contributed by atoms with Crippen LogP contribution in [0.3, 0.4) is 0 Å². The molecule has 0 amide bonds. The zero-order valence-corrected chi connectivity index (χ0v) is 10.1. The van der Waals surface area contributed by atoms with Gasteiger partial charge in [0.25, 0.3) is 0 Å². The Kier molecular flexibility index (Phi) is 5.20. The Hall–Kier alpha value is -0.340. The Labute approximate surface area is 94.3 Å². The van der Waals surface area contributed by atoms with Gasteiger partial charge in [-0.05, 0) is 24.0 Å². The third kappa shape index (κ3) is 3.43. The summed E-state index contributed by atoms with van der Waals surface area (Å²) in [5.41, 5.74) is 2.35. The molecule has 0 aliphatic rings. The van der Waals surface area contributed by atoms with Gasteiger partial charge in [-0.1, -0.05) is 53.5 Å². The molecule has 0 fully saturated rings. The van der Waals surface area contributed by atoms with Gasteiger partial charge in [-0.15, -0.1) is 0 Å². The topological polar surface area (TPSA) is 20.2 Å². The Bertz CT molecular complexity index is 256. The minimum absolute atomic E-state index is 0.379. The lowest BCUT2D eigenvalue weighted by atomic mass is 10.0. The molecule has 1 N–H and O–H groups in total. The van der Waals surface area contributed by atoms with Crippen molar-refractivity contribution in [2.75, 3.05) is 5.33 Å². The fraction of sp³-hybridized carbons (Fsp3) is 0.500. The molecular weight excluding hydrogens is 240 g/mol. The summed E-state index contributed by atoms with van der Waals surface area (Å²) in [6.45, 7) is 2.20. The number of unbranched alkanes of at least 4 members (excludes halogenated alkanes) is 1. The summed E-state index contributed by atoms with van der Waals surface area (Å²) < 4.78 is 0. The molecule has 1 aromatic rings. The highest BCUT2D eigenvalue weighted by molar-refractivity contribution is 9.09. The summed E-state index contributed by atoms with van der Waals surface area (Å²) >= 11 is 3.26. The van der Waals surface area contributed by atoms with E-state index in [-0.39, 0.29) is 6.10 Å². The highest BCUT2D eigenvalue weighted by Gasteiger charge is 2.04. The average molecular weight is 257 g/mol. The standard InChI is InChI=1S/C12H17BrO/c1-2-3-4-10-5-7-11(8-6-10)12(14)9-13/h5-8,12,14H,2-4,9H2,1H3. The second kappa shape index (κ2) is 6.20. The van der Waals surface area contributed by atoms with Crippen LogP contribution in [0.5, 0.6) is 0 Å². The first-order valence-corrected chi connectivity index (χ1v) is 6.23. The van der Waals surface area contributed by atoms with Crippen molar-refractivity contribution in [3.05, 3.63) is 35.4 Å². The zero-order valence-electron chi connectivity index (χ0n) is 8.54. The number of aliphatic hydroxyl groups is 1. The van der Waals surface area contributed by atoms with Crippen LogP contribution in [0.2, 0.25) is 0 Å². The maximum Gasteiger partial charge on any atom is 0.0886 e. The summed E-state index contributed by atoms with van der Waals surface area (Å²) in [6.07, 6.45) is 3.23. The van der Waals surface area contributed by atoms with Gasteiger partial charge >= 0.3 is 0 Å². The third-order valence-electron chi connectivity index (χ3n) is 2.33. The van der Waals surface area contributed by atoms with Crippen molar-refractivity contribution in [1.82, 2.24) is 0 Å². The molecule has 1 aromatic carbocycles. The van der Waals surface area contributed by atoms with Gasteiger partial charge in [0.05, 0.1) is 6.10 Å². The lowest BCUT2D eigenvalue weighted by molar-refractivity contribution is 0.205. The number of rotatable bonds is 5. The first kappa shape index (κ1) is 11.7. The van der Waals surface area contributed by atoms with E-state index in [9.17, 15) is 5.11 Å². The van der Waals surface area contributed by atoms with Crippen LogP contribution in [0, 0.1) is 0 Å². The highest BCUT2D eigenvalue weighted by Crippen LogP contribution is 2.16. The fourth-order valence-corrected chi connectivity index (χ4v) is 1.75. The fourth-order valence-electron chi connectivity index (χ4n) is 1.38. The monoisotopic (exact) mass is 256 g/mol. The third-order valence-corrected chi connectivity index (χ3v) is 2.94. The van der Waals surface area contributed by atoms with E-state index in [1.807, 2.05) is 12.1 Å². The summed E-state index contributed by atoms with van der Waals surface area (Å²) in [5.74, 6) is 0. The van der Waals surface area contributed by atoms with E-state index >= 15 is 0 Å². The van der Waals surface area contributed by atoms with Gasteiger partial charge in [0.1, 0.15) is 0 Å². The van der Waals surface area contributed by atoms with Crippen LogP contribution in [-0.2, 0) is 6.42 Å². The Morgan fingerprint density at radius 2 is 1.93 bits per heavy atom. The summed E-state index contributed by atoms with van der Waals surface area (Å²) in [4.78, 5) is 0. The van der Waals surface area contributed by atoms with Crippen molar-refractivity contribution in [1.29, 1.82) is 0 Å². The first-order chi connectivity index (χ1) is 6.77. The van der Waals surface area contributed by atoms with E-state index in [0.717, 1.165) is 12.0 Å². The minimum atomic E-state index is -0.379. The second-order valence-electron chi connectivity index (χ2n) is 3.52. The van der Waals surface area contributed by atoms with Gasteiger partial charge in [-0.25, -0.2) is 0 Å². The van der Waals surface area contributed by atoms with Crippen molar-refractivity contribution in [3.8, 4) is 0 Å². The molecular formula is C12H17BrO. The van der Waals surface area contributed by atoms with Crippen LogP contribution in [-0.4, -0.2) is 10.4 Å². The Morgan fingerprint density at radius 3 is 2.43 bits per heavy atom. The normalized spacial score (nSPS) is 12.8. The highest BCUT2D eigenvalue weighted by atomic mass is 79.9. The molecule has 0 aliphatic heterocycles. The summed E-state index contributed by atoms with van der Waals surface area (Å²) in [5, 5.41) is 10.1. The Balaban J connectivity index is 2.59. The molecule has 0 heterocycles. The predicted octanol–water partition coefficient (Wildman–Crippen LogP) is 3.46. The number of hydrogen-bond acceptors (Lipinski definition) is 1. The van der Waals surface area contributed by atoms with Crippen molar-refractivity contribution in [2.24, 2.45) is 0 Å². The van der Waals surface area contributed by atoms with E-state index in [1.165, 1.54) is 18.4 Å². The summed E-state index contributed by atoms with van der Waals surface area (Å²) in [6, 6.07) is 8.24. The van der Waals surface area contributed by atoms with E-state index < -0.39 is 0 Å².